The topological polar surface area (TPSA) is 50.8 Å². The van der Waals surface area contributed by atoms with Crippen molar-refractivity contribution in [3.8, 4) is 5.75 Å². The summed E-state index contributed by atoms with van der Waals surface area (Å²) in [5.41, 5.74) is 0. The van der Waals surface area contributed by atoms with Gasteiger partial charge in [-0.3, -0.25) is 4.79 Å². The van der Waals surface area contributed by atoms with Crippen LogP contribution < -0.4 is 10.1 Å². The first-order valence-electron chi connectivity index (χ1n) is 7.59. The third-order valence-corrected chi connectivity index (χ3v) is 3.51. The Kier molecular flexibility index (Phi) is 6.61. The zero-order valence-corrected chi connectivity index (χ0v) is 12.9. The van der Waals surface area contributed by atoms with Crippen LogP contribution in [0.3, 0.4) is 0 Å². The second-order valence-electron chi connectivity index (χ2n) is 5.44. The maximum absolute atomic E-state index is 13.3. The van der Waals surface area contributed by atoms with Crippen LogP contribution in [0.15, 0.2) is 24.3 Å². The molecule has 1 unspecified atom stereocenters. The first-order valence-corrected chi connectivity index (χ1v) is 7.59. The van der Waals surface area contributed by atoms with E-state index >= 15 is 0 Å². The standard InChI is InChI=1S/C16H23FN2O3/c1-19-8-10-21-13(12-19)11-18-16(20)7-4-9-22-15-6-3-2-5-14(15)17/h2-3,5-6,13H,4,7-12H2,1H3,(H,18,20). The predicted molar refractivity (Wildman–Crippen MR) is 81.4 cm³/mol. The molecule has 0 aliphatic carbocycles. The van der Waals surface area contributed by atoms with Crippen LogP contribution in [-0.4, -0.2) is 56.8 Å². The van der Waals surface area contributed by atoms with Crippen LogP contribution in [0.2, 0.25) is 0 Å². The first-order chi connectivity index (χ1) is 10.6. The summed E-state index contributed by atoms with van der Waals surface area (Å²) in [5.74, 6) is -0.193. The third-order valence-electron chi connectivity index (χ3n) is 3.51. The van der Waals surface area contributed by atoms with Gasteiger partial charge in [0, 0.05) is 26.1 Å². The van der Waals surface area contributed by atoms with Gasteiger partial charge < -0.3 is 19.7 Å². The molecule has 1 saturated heterocycles. The summed E-state index contributed by atoms with van der Waals surface area (Å²) in [6.45, 7) is 3.30. The molecule has 1 heterocycles. The summed E-state index contributed by atoms with van der Waals surface area (Å²) in [5, 5.41) is 2.86. The second-order valence-corrected chi connectivity index (χ2v) is 5.44. The van der Waals surface area contributed by atoms with Gasteiger partial charge in [-0.15, -0.1) is 0 Å². The Labute approximate surface area is 130 Å². The molecule has 1 amide bonds. The van der Waals surface area contributed by atoms with Gasteiger partial charge in [-0.1, -0.05) is 12.1 Å². The van der Waals surface area contributed by atoms with E-state index in [1.807, 2.05) is 7.05 Å². The number of likely N-dealkylation sites (N-methyl/N-ethyl adjacent to an activating group) is 1. The van der Waals surface area contributed by atoms with Crippen molar-refractivity contribution >= 4 is 5.91 Å². The lowest BCUT2D eigenvalue weighted by Gasteiger charge is -2.30. The average molecular weight is 310 g/mol. The van der Waals surface area contributed by atoms with E-state index in [-0.39, 0.29) is 23.6 Å². The number of benzene rings is 1. The van der Waals surface area contributed by atoms with E-state index in [2.05, 4.69) is 10.2 Å². The van der Waals surface area contributed by atoms with E-state index in [0.717, 1.165) is 13.1 Å². The number of ether oxygens (including phenoxy) is 2. The van der Waals surface area contributed by atoms with Crippen LogP contribution >= 0.6 is 0 Å². The van der Waals surface area contributed by atoms with Crippen LogP contribution in [0.25, 0.3) is 0 Å². The van der Waals surface area contributed by atoms with Gasteiger partial charge in [0.05, 0.1) is 19.3 Å². The van der Waals surface area contributed by atoms with Crippen LogP contribution in [0.1, 0.15) is 12.8 Å². The zero-order chi connectivity index (χ0) is 15.8. The molecular formula is C16H23FN2O3. The number of carbonyl (C=O) groups excluding carboxylic acids is 1. The Morgan fingerprint density at radius 2 is 2.32 bits per heavy atom. The number of rotatable bonds is 7. The number of hydrogen-bond donors (Lipinski definition) is 1. The van der Waals surface area contributed by atoms with Gasteiger partial charge in [0.2, 0.25) is 5.91 Å². The fourth-order valence-electron chi connectivity index (χ4n) is 2.28. The summed E-state index contributed by atoms with van der Waals surface area (Å²) in [6.07, 6.45) is 0.958. The molecule has 0 spiro atoms. The maximum Gasteiger partial charge on any atom is 0.220 e. The van der Waals surface area contributed by atoms with Crippen molar-refractivity contribution in [2.24, 2.45) is 0 Å². The molecular weight excluding hydrogens is 287 g/mol. The number of carbonyl (C=O) groups is 1. The van der Waals surface area contributed by atoms with Crippen LogP contribution in [-0.2, 0) is 9.53 Å². The van der Waals surface area contributed by atoms with Crippen molar-refractivity contribution in [2.75, 3.05) is 39.9 Å². The SMILES string of the molecule is CN1CCOC(CNC(=O)CCCOc2ccccc2F)C1. The number of halogens is 1. The lowest BCUT2D eigenvalue weighted by Crippen LogP contribution is -2.45. The van der Waals surface area contributed by atoms with Crippen molar-refractivity contribution in [3.05, 3.63) is 30.1 Å². The smallest absolute Gasteiger partial charge is 0.220 e. The summed E-state index contributed by atoms with van der Waals surface area (Å²) in [4.78, 5) is 13.9. The van der Waals surface area contributed by atoms with Gasteiger partial charge in [0.15, 0.2) is 11.6 Å². The monoisotopic (exact) mass is 310 g/mol. The zero-order valence-electron chi connectivity index (χ0n) is 12.9. The van der Waals surface area contributed by atoms with Gasteiger partial charge in [-0.25, -0.2) is 4.39 Å². The number of morpholine rings is 1. The maximum atomic E-state index is 13.3. The molecule has 5 nitrogen and oxygen atoms in total. The Bertz CT molecular complexity index is 484. The molecule has 0 aromatic heterocycles. The van der Waals surface area contributed by atoms with Gasteiger partial charge in [-0.05, 0) is 25.6 Å². The van der Waals surface area contributed by atoms with Crippen molar-refractivity contribution < 1.29 is 18.7 Å². The molecule has 0 bridgehead atoms. The Morgan fingerprint density at radius 1 is 1.50 bits per heavy atom. The fourth-order valence-corrected chi connectivity index (χ4v) is 2.28. The van der Waals surface area contributed by atoms with Crippen LogP contribution in [0.4, 0.5) is 4.39 Å². The largest absolute Gasteiger partial charge is 0.491 e. The average Bonchev–Trinajstić information content (AvgIpc) is 2.51. The van der Waals surface area contributed by atoms with E-state index in [4.69, 9.17) is 9.47 Å². The highest BCUT2D eigenvalue weighted by atomic mass is 19.1. The fraction of sp³-hybridized carbons (Fsp3) is 0.562. The Hall–Kier alpha value is -1.66. The van der Waals surface area contributed by atoms with Crippen molar-refractivity contribution in [1.29, 1.82) is 0 Å². The number of para-hydroxylation sites is 1. The second kappa shape index (κ2) is 8.70. The molecule has 1 aromatic carbocycles. The van der Waals surface area contributed by atoms with E-state index in [1.54, 1.807) is 18.2 Å². The summed E-state index contributed by atoms with van der Waals surface area (Å²) in [6, 6.07) is 6.25. The number of hydrogen-bond acceptors (Lipinski definition) is 4. The predicted octanol–water partition coefficient (Wildman–Crippen LogP) is 1.43. The van der Waals surface area contributed by atoms with Gasteiger partial charge in [-0.2, -0.15) is 0 Å². The molecule has 122 valence electrons. The van der Waals surface area contributed by atoms with Gasteiger partial charge >= 0.3 is 0 Å². The van der Waals surface area contributed by atoms with E-state index in [0.29, 0.717) is 32.6 Å². The molecule has 1 atom stereocenters. The van der Waals surface area contributed by atoms with Gasteiger partial charge in [0.1, 0.15) is 0 Å². The Balaban J connectivity index is 1.57. The minimum Gasteiger partial charge on any atom is -0.491 e. The van der Waals surface area contributed by atoms with E-state index < -0.39 is 0 Å². The molecule has 0 saturated carbocycles. The van der Waals surface area contributed by atoms with E-state index in [9.17, 15) is 9.18 Å². The minimum atomic E-state index is -0.384. The third kappa shape index (κ3) is 5.61. The molecule has 1 aliphatic heterocycles. The van der Waals surface area contributed by atoms with Crippen LogP contribution in [0.5, 0.6) is 5.75 Å². The van der Waals surface area contributed by atoms with Crippen LogP contribution in [0, 0.1) is 5.82 Å². The van der Waals surface area contributed by atoms with Crippen molar-refractivity contribution in [3.63, 3.8) is 0 Å². The lowest BCUT2D eigenvalue weighted by molar-refractivity contribution is -0.122. The van der Waals surface area contributed by atoms with Gasteiger partial charge in [0.25, 0.3) is 0 Å². The Morgan fingerprint density at radius 3 is 3.09 bits per heavy atom. The normalized spacial score (nSPS) is 18.9. The molecule has 1 aromatic rings. The highest BCUT2D eigenvalue weighted by Crippen LogP contribution is 2.15. The lowest BCUT2D eigenvalue weighted by atomic mass is 10.2. The number of nitrogens with zero attached hydrogens (tertiary/aromatic N) is 1. The molecule has 0 radical (unpaired) electrons. The molecule has 2 rings (SSSR count). The first kappa shape index (κ1) is 16.7. The highest BCUT2D eigenvalue weighted by Gasteiger charge is 2.17. The number of amides is 1. The van der Waals surface area contributed by atoms with Crippen molar-refractivity contribution in [1.82, 2.24) is 10.2 Å². The minimum absolute atomic E-state index is 0.0334. The van der Waals surface area contributed by atoms with E-state index in [1.165, 1.54) is 6.07 Å². The summed E-state index contributed by atoms with van der Waals surface area (Å²) in [7, 11) is 2.04. The van der Waals surface area contributed by atoms with Crippen molar-refractivity contribution in [2.45, 2.75) is 18.9 Å². The number of nitrogens with one attached hydrogen (secondary N) is 1. The molecule has 1 fully saturated rings. The highest BCUT2D eigenvalue weighted by molar-refractivity contribution is 5.75. The molecule has 1 N–H and O–H groups in total. The molecule has 1 aliphatic rings. The summed E-state index contributed by atoms with van der Waals surface area (Å²) >= 11 is 0. The molecule has 22 heavy (non-hydrogen) atoms. The summed E-state index contributed by atoms with van der Waals surface area (Å²) < 4.78 is 24.2. The quantitative estimate of drug-likeness (QED) is 0.774. The molecule has 6 heteroatoms.